The lowest BCUT2D eigenvalue weighted by Gasteiger charge is -2.26. The van der Waals surface area contributed by atoms with Crippen molar-refractivity contribution in [1.82, 2.24) is 20.4 Å². The summed E-state index contributed by atoms with van der Waals surface area (Å²) < 4.78 is 0. The first-order chi connectivity index (χ1) is 16.8. The Morgan fingerprint density at radius 1 is 1.14 bits per heavy atom. The van der Waals surface area contributed by atoms with Crippen LogP contribution in [0.3, 0.4) is 0 Å². The molecule has 4 rings (SSSR count). The zero-order chi connectivity index (χ0) is 25.1. The van der Waals surface area contributed by atoms with Gasteiger partial charge >= 0.3 is 0 Å². The van der Waals surface area contributed by atoms with E-state index in [-0.39, 0.29) is 48.1 Å². The minimum Gasteiger partial charge on any atom is -0.378 e. The maximum atomic E-state index is 13.0. The van der Waals surface area contributed by atoms with Crippen molar-refractivity contribution in [3.8, 4) is 0 Å². The minimum atomic E-state index is -0.509. The number of carbonyl (C=O) groups is 4. The van der Waals surface area contributed by atoms with E-state index in [9.17, 15) is 19.2 Å². The van der Waals surface area contributed by atoms with Crippen LogP contribution in [0.2, 0.25) is 0 Å². The van der Waals surface area contributed by atoms with Gasteiger partial charge in [-0.1, -0.05) is 6.92 Å². The Kier molecular flexibility index (Phi) is 7.74. The number of hydrogen-bond donors (Lipinski definition) is 2. The fourth-order valence-corrected chi connectivity index (χ4v) is 5.45. The monoisotopic (exact) mass is 483 g/mol. The van der Waals surface area contributed by atoms with Crippen molar-refractivity contribution in [2.24, 2.45) is 5.92 Å². The second-order valence-electron chi connectivity index (χ2n) is 10.3. The number of carbonyl (C=O) groups excluding carboxylic acids is 4. The number of Topliss-reactive ketones (excluding diaryl/α,β-unsaturated/α-hetero) is 1. The number of benzene rings is 1. The maximum absolute atomic E-state index is 13.0. The molecule has 0 radical (unpaired) electrons. The molecule has 3 aliphatic rings. The Labute approximate surface area is 207 Å². The van der Waals surface area contributed by atoms with Crippen LogP contribution < -0.4 is 15.5 Å². The van der Waals surface area contributed by atoms with Gasteiger partial charge in [-0.3, -0.25) is 19.2 Å². The smallest absolute Gasteiger partial charge is 0.251 e. The number of ketones is 1. The average Bonchev–Trinajstić information content (AvgIpc) is 3.57. The molecule has 3 saturated heterocycles. The summed E-state index contributed by atoms with van der Waals surface area (Å²) in [7, 11) is 3.90. The second-order valence-corrected chi connectivity index (χ2v) is 10.3. The molecule has 9 nitrogen and oxygen atoms in total. The number of nitrogens with zero attached hydrogens (tertiary/aromatic N) is 3. The molecular formula is C26H37N5O4. The maximum Gasteiger partial charge on any atom is 0.251 e. The molecule has 190 valence electrons. The fourth-order valence-electron chi connectivity index (χ4n) is 5.45. The molecule has 4 atom stereocenters. The van der Waals surface area contributed by atoms with Crippen molar-refractivity contribution in [3.05, 3.63) is 29.8 Å². The molecule has 35 heavy (non-hydrogen) atoms. The third-order valence-corrected chi connectivity index (χ3v) is 7.48. The third kappa shape index (κ3) is 5.50. The summed E-state index contributed by atoms with van der Waals surface area (Å²) in [6.07, 6.45) is 3.41. The van der Waals surface area contributed by atoms with E-state index in [4.69, 9.17) is 0 Å². The van der Waals surface area contributed by atoms with E-state index >= 15 is 0 Å². The SMILES string of the molecule is CC(CCNC(=O)c1ccc(N(C)C)cc1)CC(=O)N1CCC2C1C(=O)CN2C(=O)C1CCCN1. The highest BCUT2D eigenvalue weighted by atomic mass is 16.2. The molecule has 0 aromatic heterocycles. The fraction of sp³-hybridized carbons (Fsp3) is 0.615. The summed E-state index contributed by atoms with van der Waals surface area (Å²) in [5, 5.41) is 6.15. The van der Waals surface area contributed by atoms with E-state index in [2.05, 4.69) is 10.6 Å². The zero-order valence-corrected chi connectivity index (χ0v) is 21.0. The van der Waals surface area contributed by atoms with Gasteiger partial charge in [-0.05, 0) is 62.4 Å². The molecule has 0 bridgehead atoms. The molecule has 0 aliphatic carbocycles. The summed E-state index contributed by atoms with van der Waals surface area (Å²) in [6.45, 7) is 3.91. The Bertz CT molecular complexity index is 957. The molecule has 2 N–H and O–H groups in total. The van der Waals surface area contributed by atoms with Crippen LogP contribution in [0.15, 0.2) is 24.3 Å². The lowest BCUT2D eigenvalue weighted by Crippen LogP contribution is -2.47. The Balaban J connectivity index is 1.24. The van der Waals surface area contributed by atoms with Gasteiger partial charge in [0.15, 0.2) is 5.78 Å². The predicted molar refractivity (Wildman–Crippen MR) is 133 cm³/mol. The Morgan fingerprint density at radius 2 is 1.89 bits per heavy atom. The van der Waals surface area contributed by atoms with Crippen molar-refractivity contribution in [3.63, 3.8) is 0 Å². The van der Waals surface area contributed by atoms with Gasteiger partial charge in [0.1, 0.15) is 6.04 Å². The predicted octanol–water partition coefficient (Wildman–Crippen LogP) is 1.03. The van der Waals surface area contributed by atoms with Crippen LogP contribution in [0, 0.1) is 5.92 Å². The van der Waals surface area contributed by atoms with Gasteiger partial charge in [0, 0.05) is 44.9 Å². The van der Waals surface area contributed by atoms with Crippen LogP contribution in [0.25, 0.3) is 0 Å². The molecule has 1 aromatic carbocycles. The number of fused-ring (bicyclic) bond motifs is 1. The van der Waals surface area contributed by atoms with Crippen LogP contribution >= 0.6 is 0 Å². The standard InChI is InChI=1S/C26H37N5O4/c1-17(10-13-28-25(34)18-6-8-19(9-7-18)29(2)3)15-23(33)30-14-11-21-24(30)22(32)16-31(21)26(35)20-5-4-12-27-20/h6-9,17,20-21,24,27H,4-5,10-16H2,1-3H3,(H,28,34). The van der Waals surface area contributed by atoms with Crippen molar-refractivity contribution in [2.45, 2.75) is 57.2 Å². The lowest BCUT2D eigenvalue weighted by atomic mass is 10.0. The van der Waals surface area contributed by atoms with E-state index < -0.39 is 6.04 Å². The molecule has 3 fully saturated rings. The topological polar surface area (TPSA) is 102 Å². The number of nitrogens with one attached hydrogen (secondary N) is 2. The van der Waals surface area contributed by atoms with Crippen molar-refractivity contribution in [2.75, 3.05) is 45.2 Å². The van der Waals surface area contributed by atoms with Crippen molar-refractivity contribution in [1.29, 1.82) is 0 Å². The highest BCUT2D eigenvalue weighted by Gasteiger charge is 2.52. The summed E-state index contributed by atoms with van der Waals surface area (Å²) in [6, 6.07) is 6.51. The van der Waals surface area contributed by atoms with Gasteiger partial charge < -0.3 is 25.3 Å². The van der Waals surface area contributed by atoms with E-state index in [1.54, 1.807) is 21.9 Å². The highest BCUT2D eigenvalue weighted by Crippen LogP contribution is 2.31. The number of hydrogen-bond acceptors (Lipinski definition) is 6. The molecule has 3 heterocycles. The Morgan fingerprint density at radius 3 is 2.54 bits per heavy atom. The summed E-state index contributed by atoms with van der Waals surface area (Å²) in [5.41, 5.74) is 1.63. The summed E-state index contributed by atoms with van der Waals surface area (Å²) in [4.78, 5) is 56.5. The lowest BCUT2D eigenvalue weighted by molar-refractivity contribution is -0.137. The largest absolute Gasteiger partial charge is 0.378 e. The van der Waals surface area contributed by atoms with Crippen LogP contribution in [-0.4, -0.2) is 91.7 Å². The first-order valence-electron chi connectivity index (χ1n) is 12.7. The van der Waals surface area contributed by atoms with Gasteiger partial charge in [0.05, 0.1) is 18.6 Å². The van der Waals surface area contributed by atoms with E-state index in [1.165, 1.54) is 0 Å². The van der Waals surface area contributed by atoms with Crippen molar-refractivity contribution < 1.29 is 19.2 Å². The third-order valence-electron chi connectivity index (χ3n) is 7.48. The first kappa shape index (κ1) is 25.2. The van der Waals surface area contributed by atoms with E-state index in [0.29, 0.717) is 37.9 Å². The summed E-state index contributed by atoms with van der Waals surface area (Å²) >= 11 is 0. The normalized spacial score (nSPS) is 24.4. The summed E-state index contributed by atoms with van der Waals surface area (Å²) in [5.74, 6) is -0.146. The Hall–Kier alpha value is -2.94. The van der Waals surface area contributed by atoms with Gasteiger partial charge in [0.25, 0.3) is 5.91 Å². The number of rotatable bonds is 8. The number of amides is 3. The molecule has 0 spiro atoms. The molecule has 1 aromatic rings. The van der Waals surface area contributed by atoms with Gasteiger partial charge in [-0.25, -0.2) is 0 Å². The van der Waals surface area contributed by atoms with Crippen LogP contribution in [-0.2, 0) is 14.4 Å². The van der Waals surface area contributed by atoms with Crippen LogP contribution in [0.5, 0.6) is 0 Å². The zero-order valence-electron chi connectivity index (χ0n) is 21.0. The number of anilines is 1. The van der Waals surface area contributed by atoms with Gasteiger partial charge in [-0.15, -0.1) is 0 Å². The highest BCUT2D eigenvalue weighted by molar-refractivity contribution is 5.98. The van der Waals surface area contributed by atoms with Crippen LogP contribution in [0.4, 0.5) is 5.69 Å². The molecule has 3 amide bonds. The molecule has 9 heteroatoms. The number of likely N-dealkylation sites (tertiary alicyclic amines) is 2. The molecule has 4 unspecified atom stereocenters. The molecular weight excluding hydrogens is 446 g/mol. The first-order valence-corrected chi connectivity index (χ1v) is 12.7. The van der Waals surface area contributed by atoms with Gasteiger partial charge in [-0.2, -0.15) is 0 Å². The molecule has 3 aliphatic heterocycles. The quantitative estimate of drug-likeness (QED) is 0.573. The van der Waals surface area contributed by atoms with Gasteiger partial charge in [0.2, 0.25) is 11.8 Å². The minimum absolute atomic E-state index is 0.00175. The van der Waals surface area contributed by atoms with Crippen molar-refractivity contribution >= 4 is 29.2 Å². The average molecular weight is 484 g/mol. The molecule has 0 saturated carbocycles. The van der Waals surface area contributed by atoms with E-state index in [1.807, 2.05) is 38.1 Å². The van der Waals surface area contributed by atoms with E-state index in [0.717, 1.165) is 25.1 Å². The van der Waals surface area contributed by atoms with Crippen LogP contribution in [0.1, 0.15) is 49.4 Å². The second kappa shape index (κ2) is 10.8.